The van der Waals surface area contributed by atoms with Gasteiger partial charge in [0.25, 0.3) is 0 Å². The summed E-state index contributed by atoms with van der Waals surface area (Å²) in [6.45, 7) is 10.4. The van der Waals surface area contributed by atoms with Crippen molar-refractivity contribution in [2.45, 2.75) is 52.5 Å². The minimum absolute atomic E-state index is 0.583. The summed E-state index contributed by atoms with van der Waals surface area (Å²) in [6.07, 6.45) is 5.31. The molecule has 1 aliphatic rings. The highest BCUT2D eigenvalue weighted by molar-refractivity contribution is 5.32. The first-order chi connectivity index (χ1) is 10.2. The van der Waals surface area contributed by atoms with Crippen LogP contribution in [0.15, 0.2) is 18.2 Å². The van der Waals surface area contributed by atoms with Crippen LogP contribution in [-0.4, -0.2) is 31.6 Å². The third-order valence-corrected chi connectivity index (χ3v) is 4.96. The standard InChI is InChI=1S/C19H32N2/c1-5-11-21-12-7-6-8-18(14-20-4)19(21)17-10-9-15(2)16(3)13-17/h9-10,13,18-20H,5-8,11-12,14H2,1-4H3. The van der Waals surface area contributed by atoms with E-state index >= 15 is 0 Å². The maximum atomic E-state index is 3.43. The quantitative estimate of drug-likeness (QED) is 0.878. The molecule has 1 aromatic rings. The van der Waals surface area contributed by atoms with Crippen molar-refractivity contribution in [2.24, 2.45) is 5.92 Å². The molecule has 0 saturated carbocycles. The van der Waals surface area contributed by atoms with Gasteiger partial charge in [-0.3, -0.25) is 4.90 Å². The van der Waals surface area contributed by atoms with Gasteiger partial charge in [0.1, 0.15) is 0 Å². The van der Waals surface area contributed by atoms with E-state index in [1.54, 1.807) is 0 Å². The molecule has 1 aromatic carbocycles. The average molecular weight is 288 g/mol. The molecule has 2 heteroatoms. The van der Waals surface area contributed by atoms with Crippen molar-refractivity contribution < 1.29 is 0 Å². The smallest absolute Gasteiger partial charge is 0.0388 e. The van der Waals surface area contributed by atoms with Crippen LogP contribution in [0.5, 0.6) is 0 Å². The van der Waals surface area contributed by atoms with Crippen LogP contribution >= 0.6 is 0 Å². The first-order valence-corrected chi connectivity index (χ1v) is 8.63. The van der Waals surface area contributed by atoms with Crippen LogP contribution in [-0.2, 0) is 0 Å². The minimum atomic E-state index is 0.583. The van der Waals surface area contributed by atoms with E-state index in [1.165, 1.54) is 55.5 Å². The van der Waals surface area contributed by atoms with Gasteiger partial charge in [-0.15, -0.1) is 0 Å². The second kappa shape index (κ2) is 7.95. The number of nitrogens with one attached hydrogen (secondary N) is 1. The fourth-order valence-electron chi connectivity index (χ4n) is 3.76. The van der Waals surface area contributed by atoms with Gasteiger partial charge in [-0.05, 0) is 82.4 Å². The van der Waals surface area contributed by atoms with E-state index in [-0.39, 0.29) is 0 Å². The van der Waals surface area contributed by atoms with E-state index in [2.05, 4.69) is 56.2 Å². The number of aryl methyl sites for hydroxylation is 2. The summed E-state index contributed by atoms with van der Waals surface area (Å²) in [4.78, 5) is 2.74. The fraction of sp³-hybridized carbons (Fsp3) is 0.684. The van der Waals surface area contributed by atoms with E-state index in [0.717, 1.165) is 12.5 Å². The van der Waals surface area contributed by atoms with Crippen molar-refractivity contribution >= 4 is 0 Å². The molecule has 1 saturated heterocycles. The van der Waals surface area contributed by atoms with Gasteiger partial charge in [0.2, 0.25) is 0 Å². The van der Waals surface area contributed by atoms with Crippen molar-refractivity contribution in [1.82, 2.24) is 10.2 Å². The zero-order chi connectivity index (χ0) is 15.2. The van der Waals surface area contributed by atoms with E-state index in [4.69, 9.17) is 0 Å². The Labute approximate surface area is 130 Å². The summed E-state index contributed by atoms with van der Waals surface area (Å²) in [5.41, 5.74) is 4.35. The number of rotatable bonds is 5. The van der Waals surface area contributed by atoms with Gasteiger partial charge in [-0.25, -0.2) is 0 Å². The summed E-state index contributed by atoms with van der Waals surface area (Å²) in [7, 11) is 2.09. The van der Waals surface area contributed by atoms with Crippen LogP contribution in [0.4, 0.5) is 0 Å². The number of hydrogen-bond donors (Lipinski definition) is 1. The van der Waals surface area contributed by atoms with Gasteiger partial charge in [0.05, 0.1) is 0 Å². The monoisotopic (exact) mass is 288 g/mol. The summed E-state index contributed by atoms with van der Waals surface area (Å²) < 4.78 is 0. The molecule has 2 nitrogen and oxygen atoms in total. The van der Waals surface area contributed by atoms with Crippen LogP contribution in [0.2, 0.25) is 0 Å². The Bertz CT molecular complexity index is 425. The Balaban J connectivity index is 2.34. The Kier molecular flexibility index (Phi) is 6.25. The van der Waals surface area contributed by atoms with E-state index < -0.39 is 0 Å². The first-order valence-electron chi connectivity index (χ1n) is 8.63. The largest absolute Gasteiger partial charge is 0.319 e. The summed E-state index contributed by atoms with van der Waals surface area (Å²) in [5, 5.41) is 3.43. The fourth-order valence-corrected chi connectivity index (χ4v) is 3.76. The number of benzene rings is 1. The lowest BCUT2D eigenvalue weighted by atomic mass is 9.87. The molecule has 1 N–H and O–H groups in total. The van der Waals surface area contributed by atoms with Crippen molar-refractivity contribution in [3.63, 3.8) is 0 Å². The van der Waals surface area contributed by atoms with Crippen molar-refractivity contribution in [3.05, 3.63) is 34.9 Å². The molecule has 0 radical (unpaired) electrons. The first kappa shape index (κ1) is 16.5. The molecular formula is C19H32N2. The molecule has 0 aliphatic carbocycles. The second-order valence-corrected chi connectivity index (χ2v) is 6.64. The molecule has 0 amide bonds. The maximum absolute atomic E-state index is 3.43. The van der Waals surface area contributed by atoms with E-state index in [1.807, 2.05) is 0 Å². The second-order valence-electron chi connectivity index (χ2n) is 6.64. The van der Waals surface area contributed by atoms with Crippen molar-refractivity contribution in [2.75, 3.05) is 26.7 Å². The number of hydrogen-bond acceptors (Lipinski definition) is 2. The topological polar surface area (TPSA) is 15.3 Å². The molecule has 0 aromatic heterocycles. The lowest BCUT2D eigenvalue weighted by molar-refractivity contribution is 0.154. The zero-order valence-electron chi connectivity index (χ0n) is 14.3. The Morgan fingerprint density at radius 2 is 2.00 bits per heavy atom. The third kappa shape index (κ3) is 4.08. The van der Waals surface area contributed by atoms with Crippen LogP contribution in [0.1, 0.15) is 55.3 Å². The molecule has 0 bridgehead atoms. The van der Waals surface area contributed by atoms with Gasteiger partial charge in [0, 0.05) is 6.04 Å². The molecule has 118 valence electrons. The SMILES string of the molecule is CCCN1CCCCC(CNC)C1c1ccc(C)c(C)c1. The molecule has 1 fully saturated rings. The molecule has 2 atom stereocenters. The molecular weight excluding hydrogens is 256 g/mol. The highest BCUT2D eigenvalue weighted by Gasteiger charge is 2.30. The van der Waals surface area contributed by atoms with Crippen LogP contribution in [0.3, 0.4) is 0 Å². The van der Waals surface area contributed by atoms with Gasteiger partial charge in [-0.2, -0.15) is 0 Å². The van der Waals surface area contributed by atoms with Crippen molar-refractivity contribution in [3.8, 4) is 0 Å². The zero-order valence-corrected chi connectivity index (χ0v) is 14.3. The van der Waals surface area contributed by atoms with Gasteiger partial charge in [-0.1, -0.05) is 31.5 Å². The molecule has 0 spiro atoms. The van der Waals surface area contributed by atoms with E-state index in [0.29, 0.717) is 6.04 Å². The molecule has 1 heterocycles. The van der Waals surface area contributed by atoms with Crippen LogP contribution in [0.25, 0.3) is 0 Å². The van der Waals surface area contributed by atoms with Crippen LogP contribution < -0.4 is 5.32 Å². The Morgan fingerprint density at radius 3 is 2.67 bits per heavy atom. The number of nitrogens with zero attached hydrogens (tertiary/aromatic N) is 1. The highest BCUT2D eigenvalue weighted by atomic mass is 15.2. The Hall–Kier alpha value is -0.860. The molecule has 2 unspecified atom stereocenters. The van der Waals surface area contributed by atoms with Gasteiger partial charge >= 0.3 is 0 Å². The average Bonchev–Trinajstić information content (AvgIpc) is 2.66. The van der Waals surface area contributed by atoms with Crippen LogP contribution in [0, 0.1) is 19.8 Å². The summed E-state index contributed by atoms with van der Waals surface area (Å²) in [5.74, 6) is 0.728. The van der Waals surface area contributed by atoms with Gasteiger partial charge < -0.3 is 5.32 Å². The third-order valence-electron chi connectivity index (χ3n) is 4.96. The lowest BCUT2D eigenvalue weighted by Crippen LogP contribution is -2.37. The Morgan fingerprint density at radius 1 is 1.19 bits per heavy atom. The molecule has 1 aliphatic heterocycles. The number of likely N-dealkylation sites (tertiary alicyclic amines) is 1. The maximum Gasteiger partial charge on any atom is 0.0388 e. The minimum Gasteiger partial charge on any atom is -0.319 e. The lowest BCUT2D eigenvalue weighted by Gasteiger charge is -2.35. The van der Waals surface area contributed by atoms with Crippen molar-refractivity contribution in [1.29, 1.82) is 0 Å². The highest BCUT2D eigenvalue weighted by Crippen LogP contribution is 2.35. The predicted octanol–water partition coefficient (Wildman–Crippen LogP) is 4.08. The van der Waals surface area contributed by atoms with E-state index in [9.17, 15) is 0 Å². The normalized spacial score (nSPS) is 24.0. The summed E-state index contributed by atoms with van der Waals surface area (Å²) in [6, 6.07) is 7.68. The molecule has 2 rings (SSSR count). The summed E-state index contributed by atoms with van der Waals surface area (Å²) >= 11 is 0. The van der Waals surface area contributed by atoms with Gasteiger partial charge in [0.15, 0.2) is 0 Å². The molecule has 21 heavy (non-hydrogen) atoms. The predicted molar refractivity (Wildman–Crippen MR) is 91.8 cm³/mol.